The van der Waals surface area contributed by atoms with E-state index < -0.39 is 0 Å². The first-order valence-corrected chi connectivity index (χ1v) is 6.91. The van der Waals surface area contributed by atoms with Gasteiger partial charge in [0.1, 0.15) is 18.9 Å². The predicted molar refractivity (Wildman–Crippen MR) is 76.3 cm³/mol. The minimum Gasteiger partial charge on any atom is -0.488 e. The number of rotatable bonds is 5. The fourth-order valence-electron chi connectivity index (χ4n) is 2.54. The lowest BCUT2D eigenvalue weighted by molar-refractivity contribution is -0.897. The Kier molecular flexibility index (Phi) is 4.43. The number of carbonyl (C=O) groups is 1. The zero-order valence-electron chi connectivity index (χ0n) is 11.8. The van der Waals surface area contributed by atoms with Gasteiger partial charge < -0.3 is 14.5 Å². The summed E-state index contributed by atoms with van der Waals surface area (Å²) in [4.78, 5) is 10.9. The number of benzene rings is 1. The summed E-state index contributed by atoms with van der Waals surface area (Å²) >= 11 is 0. The highest BCUT2D eigenvalue weighted by molar-refractivity contribution is 5.88. The third kappa shape index (κ3) is 4.24. The van der Waals surface area contributed by atoms with E-state index in [0.29, 0.717) is 0 Å². The molecule has 2 rings (SSSR count). The average Bonchev–Trinajstić information content (AvgIpc) is 2.78. The maximum absolute atomic E-state index is 10.9. The number of carbonyl (C=O) groups excluding carboxylic acids is 1. The molecule has 1 aliphatic rings. The molecule has 0 radical (unpaired) electrons. The van der Waals surface area contributed by atoms with E-state index in [-0.39, 0.29) is 5.91 Å². The smallest absolute Gasteiger partial charge is 0.221 e. The molecule has 1 saturated heterocycles. The van der Waals surface area contributed by atoms with Gasteiger partial charge in [-0.05, 0) is 24.3 Å². The van der Waals surface area contributed by atoms with Crippen LogP contribution >= 0.6 is 0 Å². The standard InChI is InChI=1S/C15H22N2O2/c1-13(18)16-14-5-7-15(8-6-14)19-12-11-17(2)9-3-4-10-17/h5-8H,3-4,9-12H2,1-2H3/p+1. The topological polar surface area (TPSA) is 38.3 Å². The summed E-state index contributed by atoms with van der Waals surface area (Å²) in [6, 6.07) is 7.52. The van der Waals surface area contributed by atoms with Crippen LogP contribution in [0.1, 0.15) is 19.8 Å². The maximum Gasteiger partial charge on any atom is 0.221 e. The molecular weight excluding hydrogens is 240 g/mol. The molecule has 1 heterocycles. The minimum absolute atomic E-state index is 0.0554. The van der Waals surface area contributed by atoms with Crippen molar-refractivity contribution in [3.05, 3.63) is 24.3 Å². The van der Waals surface area contributed by atoms with Gasteiger partial charge in [-0.2, -0.15) is 0 Å². The summed E-state index contributed by atoms with van der Waals surface area (Å²) in [5.74, 6) is 0.806. The van der Waals surface area contributed by atoms with Gasteiger partial charge in [-0.1, -0.05) is 0 Å². The Morgan fingerprint density at radius 1 is 1.26 bits per heavy atom. The lowest BCUT2D eigenvalue weighted by atomic mass is 10.3. The van der Waals surface area contributed by atoms with Gasteiger partial charge in [-0.15, -0.1) is 0 Å². The van der Waals surface area contributed by atoms with Crippen molar-refractivity contribution in [3.63, 3.8) is 0 Å². The number of quaternary nitrogens is 1. The van der Waals surface area contributed by atoms with Crippen LogP contribution in [-0.2, 0) is 4.79 Å². The van der Waals surface area contributed by atoms with Crippen LogP contribution < -0.4 is 10.1 Å². The van der Waals surface area contributed by atoms with Crippen molar-refractivity contribution in [1.29, 1.82) is 0 Å². The zero-order chi connectivity index (χ0) is 13.7. The number of ether oxygens (including phenoxy) is 1. The Morgan fingerprint density at radius 3 is 2.47 bits per heavy atom. The first-order valence-electron chi connectivity index (χ1n) is 6.91. The summed E-state index contributed by atoms with van der Waals surface area (Å²) in [5, 5.41) is 2.74. The molecular formula is C15H23N2O2+. The predicted octanol–water partition coefficient (Wildman–Crippen LogP) is 2.26. The quantitative estimate of drug-likeness (QED) is 0.828. The van der Waals surface area contributed by atoms with Crippen LogP contribution in [0.15, 0.2) is 24.3 Å². The molecule has 1 aromatic rings. The van der Waals surface area contributed by atoms with Crippen LogP contribution in [0.3, 0.4) is 0 Å². The van der Waals surface area contributed by atoms with Crippen molar-refractivity contribution in [2.45, 2.75) is 19.8 Å². The number of likely N-dealkylation sites (N-methyl/N-ethyl adjacent to an activating group) is 1. The summed E-state index contributed by atoms with van der Waals surface area (Å²) in [6.07, 6.45) is 2.67. The molecule has 1 aromatic carbocycles. The van der Waals surface area contributed by atoms with E-state index >= 15 is 0 Å². The molecule has 0 atom stereocenters. The summed E-state index contributed by atoms with van der Waals surface area (Å²) in [7, 11) is 2.30. The third-order valence-corrected chi connectivity index (χ3v) is 3.72. The number of hydrogen-bond donors (Lipinski definition) is 1. The van der Waals surface area contributed by atoms with Gasteiger partial charge in [0.05, 0.1) is 20.1 Å². The van der Waals surface area contributed by atoms with Crippen LogP contribution in [0.4, 0.5) is 5.69 Å². The third-order valence-electron chi connectivity index (χ3n) is 3.72. The van der Waals surface area contributed by atoms with E-state index in [0.717, 1.165) is 29.1 Å². The van der Waals surface area contributed by atoms with Gasteiger partial charge in [-0.3, -0.25) is 4.79 Å². The molecule has 1 aliphatic heterocycles. The lowest BCUT2D eigenvalue weighted by Gasteiger charge is -2.28. The Balaban J connectivity index is 1.78. The van der Waals surface area contributed by atoms with Crippen molar-refractivity contribution in [2.75, 3.05) is 38.6 Å². The highest BCUT2D eigenvalue weighted by Gasteiger charge is 2.26. The van der Waals surface area contributed by atoms with Crippen molar-refractivity contribution in [1.82, 2.24) is 0 Å². The van der Waals surface area contributed by atoms with Crippen LogP contribution in [0.2, 0.25) is 0 Å². The molecule has 0 unspecified atom stereocenters. The van der Waals surface area contributed by atoms with E-state index in [1.54, 1.807) is 0 Å². The number of likely N-dealkylation sites (tertiary alicyclic amines) is 1. The van der Waals surface area contributed by atoms with E-state index in [9.17, 15) is 4.79 Å². The van der Waals surface area contributed by atoms with Gasteiger partial charge in [0.15, 0.2) is 0 Å². The average molecular weight is 263 g/mol. The number of nitrogens with zero attached hydrogens (tertiary/aromatic N) is 1. The van der Waals surface area contributed by atoms with E-state index in [1.165, 1.54) is 32.9 Å². The second kappa shape index (κ2) is 6.06. The fourth-order valence-corrected chi connectivity index (χ4v) is 2.54. The van der Waals surface area contributed by atoms with Crippen molar-refractivity contribution >= 4 is 11.6 Å². The van der Waals surface area contributed by atoms with Crippen LogP contribution in [0.25, 0.3) is 0 Å². The highest BCUT2D eigenvalue weighted by atomic mass is 16.5. The fraction of sp³-hybridized carbons (Fsp3) is 0.533. The SMILES string of the molecule is CC(=O)Nc1ccc(OCC[N+]2(C)CCCC2)cc1. The zero-order valence-corrected chi connectivity index (χ0v) is 11.8. The van der Waals surface area contributed by atoms with Gasteiger partial charge >= 0.3 is 0 Å². The van der Waals surface area contributed by atoms with Crippen LogP contribution in [0.5, 0.6) is 5.75 Å². The Bertz CT molecular complexity index is 422. The molecule has 0 saturated carbocycles. The number of anilines is 1. The van der Waals surface area contributed by atoms with E-state index in [4.69, 9.17) is 4.74 Å². The molecule has 1 N–H and O–H groups in total. The normalized spacial score (nSPS) is 17.2. The molecule has 0 spiro atoms. The number of nitrogens with one attached hydrogen (secondary N) is 1. The van der Waals surface area contributed by atoms with Gasteiger partial charge in [0, 0.05) is 25.5 Å². The Hall–Kier alpha value is -1.55. The molecule has 4 nitrogen and oxygen atoms in total. The molecule has 1 amide bonds. The van der Waals surface area contributed by atoms with Gasteiger partial charge in [0.25, 0.3) is 0 Å². The van der Waals surface area contributed by atoms with Gasteiger partial charge in [0.2, 0.25) is 5.91 Å². The van der Waals surface area contributed by atoms with Gasteiger partial charge in [-0.25, -0.2) is 0 Å². The molecule has 1 fully saturated rings. The molecule has 104 valence electrons. The maximum atomic E-state index is 10.9. The number of amides is 1. The molecule has 0 aromatic heterocycles. The molecule has 4 heteroatoms. The van der Waals surface area contributed by atoms with E-state index in [2.05, 4.69) is 12.4 Å². The Labute approximate surface area is 115 Å². The summed E-state index contributed by atoms with van der Waals surface area (Å²) in [5.41, 5.74) is 0.804. The molecule has 19 heavy (non-hydrogen) atoms. The second-order valence-corrected chi connectivity index (χ2v) is 5.55. The van der Waals surface area contributed by atoms with E-state index in [1.807, 2.05) is 24.3 Å². The Morgan fingerprint density at radius 2 is 1.89 bits per heavy atom. The van der Waals surface area contributed by atoms with Crippen LogP contribution in [0, 0.1) is 0 Å². The molecule has 0 aliphatic carbocycles. The van der Waals surface area contributed by atoms with Crippen molar-refractivity contribution in [3.8, 4) is 5.75 Å². The van der Waals surface area contributed by atoms with Crippen LogP contribution in [-0.4, -0.2) is 43.7 Å². The first-order chi connectivity index (χ1) is 9.07. The molecule has 0 bridgehead atoms. The first kappa shape index (κ1) is 13.9. The monoisotopic (exact) mass is 263 g/mol. The summed E-state index contributed by atoms with van der Waals surface area (Å²) in [6.45, 7) is 5.85. The second-order valence-electron chi connectivity index (χ2n) is 5.55. The van der Waals surface area contributed by atoms with Crippen molar-refractivity contribution < 1.29 is 14.0 Å². The number of hydrogen-bond acceptors (Lipinski definition) is 2. The minimum atomic E-state index is -0.0554. The lowest BCUT2D eigenvalue weighted by Crippen LogP contribution is -2.43. The van der Waals surface area contributed by atoms with Crippen molar-refractivity contribution in [2.24, 2.45) is 0 Å². The summed E-state index contributed by atoms with van der Waals surface area (Å²) < 4.78 is 6.89. The highest BCUT2D eigenvalue weighted by Crippen LogP contribution is 2.18. The largest absolute Gasteiger partial charge is 0.488 e.